The third kappa shape index (κ3) is 7.51. The molecule has 13 nitrogen and oxygen atoms in total. The predicted molar refractivity (Wildman–Crippen MR) is 186 cm³/mol. The number of benzene rings is 1. The first-order chi connectivity index (χ1) is 23.0. The number of rotatable bonds is 12. The molecule has 1 amide bonds. The standard InChI is InChI=1S/C35H41N9O4/c1-7-42(8-2)33-38-22-28(43(9-3)31(45)24-16-19-36-20-17-24)29(41-33)39-27(32(46)48-35(4,5)6)21-23-12-14-25(15-13-23)44-30-26(40-34(44)47)11-10-18-37-30/h10-20,22,27H,7-9,21H2,1-6H3,(H,40,47)(H,38,39,41)/t27-/m0/s1. The Morgan fingerprint density at radius 1 is 0.958 bits per heavy atom. The Balaban J connectivity index is 1.53. The van der Waals surface area contributed by atoms with Gasteiger partial charge in [-0.1, -0.05) is 12.1 Å². The Morgan fingerprint density at radius 3 is 2.31 bits per heavy atom. The fourth-order valence-corrected chi connectivity index (χ4v) is 5.33. The van der Waals surface area contributed by atoms with E-state index in [2.05, 4.69) is 25.3 Å². The maximum Gasteiger partial charge on any atom is 0.332 e. The number of carbonyl (C=O) groups is 2. The van der Waals surface area contributed by atoms with Crippen molar-refractivity contribution in [2.75, 3.05) is 34.8 Å². The van der Waals surface area contributed by atoms with Crippen LogP contribution in [0.1, 0.15) is 57.5 Å². The average Bonchev–Trinajstić information content (AvgIpc) is 3.41. The van der Waals surface area contributed by atoms with Crippen LogP contribution in [-0.4, -0.2) is 72.6 Å². The number of fused-ring (bicyclic) bond motifs is 1. The molecule has 0 bridgehead atoms. The van der Waals surface area contributed by atoms with Gasteiger partial charge < -0.3 is 24.8 Å². The molecule has 0 aliphatic rings. The third-order valence-electron chi connectivity index (χ3n) is 7.66. The second-order valence-electron chi connectivity index (χ2n) is 12.1. The molecule has 48 heavy (non-hydrogen) atoms. The highest BCUT2D eigenvalue weighted by Gasteiger charge is 2.29. The lowest BCUT2D eigenvalue weighted by molar-refractivity contribution is -0.155. The fourth-order valence-electron chi connectivity index (χ4n) is 5.33. The van der Waals surface area contributed by atoms with Gasteiger partial charge in [0.25, 0.3) is 5.91 Å². The number of amides is 1. The Morgan fingerprint density at radius 2 is 1.67 bits per heavy atom. The van der Waals surface area contributed by atoms with Crippen LogP contribution in [0.4, 0.5) is 17.5 Å². The van der Waals surface area contributed by atoms with Gasteiger partial charge in [-0.15, -0.1) is 0 Å². The van der Waals surface area contributed by atoms with Gasteiger partial charge in [0.1, 0.15) is 17.3 Å². The number of pyridine rings is 2. The maximum absolute atomic E-state index is 13.8. The van der Waals surface area contributed by atoms with E-state index < -0.39 is 17.6 Å². The van der Waals surface area contributed by atoms with Crippen molar-refractivity contribution in [1.29, 1.82) is 0 Å². The van der Waals surface area contributed by atoms with Crippen LogP contribution in [-0.2, 0) is 16.0 Å². The van der Waals surface area contributed by atoms with Gasteiger partial charge in [0.15, 0.2) is 11.5 Å². The first kappa shape index (κ1) is 33.8. The summed E-state index contributed by atoms with van der Waals surface area (Å²) >= 11 is 0. The highest BCUT2D eigenvalue weighted by atomic mass is 16.6. The highest BCUT2D eigenvalue weighted by molar-refractivity contribution is 6.07. The van der Waals surface area contributed by atoms with E-state index in [0.717, 1.165) is 5.56 Å². The van der Waals surface area contributed by atoms with E-state index in [1.165, 1.54) is 4.57 Å². The molecular weight excluding hydrogens is 610 g/mol. The minimum Gasteiger partial charge on any atom is -0.458 e. The molecule has 0 unspecified atom stereocenters. The minimum atomic E-state index is -0.888. The van der Waals surface area contributed by atoms with Crippen molar-refractivity contribution in [2.24, 2.45) is 0 Å². The van der Waals surface area contributed by atoms with Gasteiger partial charge in [-0.2, -0.15) is 4.98 Å². The number of ether oxygens (including phenoxy) is 1. The Kier molecular flexibility index (Phi) is 10.2. The molecule has 2 N–H and O–H groups in total. The molecule has 4 heterocycles. The molecule has 250 valence electrons. The molecule has 0 aliphatic heterocycles. The minimum absolute atomic E-state index is 0.227. The molecule has 5 aromatic rings. The largest absolute Gasteiger partial charge is 0.458 e. The summed E-state index contributed by atoms with van der Waals surface area (Å²) in [5, 5.41) is 3.33. The summed E-state index contributed by atoms with van der Waals surface area (Å²) in [7, 11) is 0. The van der Waals surface area contributed by atoms with E-state index in [1.54, 1.807) is 54.0 Å². The summed E-state index contributed by atoms with van der Waals surface area (Å²) in [6.07, 6.45) is 6.60. The van der Waals surface area contributed by atoms with E-state index >= 15 is 0 Å². The summed E-state index contributed by atoms with van der Waals surface area (Å²) in [5.41, 5.74) is 2.42. The van der Waals surface area contributed by atoms with Crippen molar-refractivity contribution in [1.82, 2.24) is 29.5 Å². The molecular formula is C35H41N9O4. The van der Waals surface area contributed by atoms with Crippen LogP contribution >= 0.6 is 0 Å². The molecule has 0 aliphatic carbocycles. The summed E-state index contributed by atoms with van der Waals surface area (Å²) in [5.74, 6) is 0.0402. The number of aromatic nitrogens is 6. The number of nitrogens with zero attached hydrogens (tertiary/aromatic N) is 7. The smallest absolute Gasteiger partial charge is 0.332 e. The van der Waals surface area contributed by atoms with Gasteiger partial charge in [-0.05, 0) is 83.5 Å². The molecule has 13 heteroatoms. The number of hydrogen-bond donors (Lipinski definition) is 2. The van der Waals surface area contributed by atoms with Gasteiger partial charge in [0, 0.05) is 50.2 Å². The second-order valence-corrected chi connectivity index (χ2v) is 12.1. The molecule has 0 saturated carbocycles. The van der Waals surface area contributed by atoms with Crippen LogP contribution in [0.15, 0.2) is 78.1 Å². The van der Waals surface area contributed by atoms with Gasteiger partial charge in [0.05, 0.1) is 17.4 Å². The summed E-state index contributed by atoms with van der Waals surface area (Å²) in [4.78, 5) is 64.4. The lowest BCUT2D eigenvalue weighted by Crippen LogP contribution is -2.39. The number of anilines is 3. The zero-order valence-electron chi connectivity index (χ0n) is 28.1. The zero-order valence-corrected chi connectivity index (χ0v) is 28.1. The van der Waals surface area contributed by atoms with Crippen LogP contribution in [0.25, 0.3) is 16.9 Å². The lowest BCUT2D eigenvalue weighted by Gasteiger charge is -2.29. The first-order valence-electron chi connectivity index (χ1n) is 16.0. The number of esters is 1. The first-order valence-corrected chi connectivity index (χ1v) is 16.0. The average molecular weight is 652 g/mol. The lowest BCUT2D eigenvalue weighted by atomic mass is 10.0. The van der Waals surface area contributed by atoms with Crippen molar-refractivity contribution in [2.45, 2.75) is 59.6 Å². The third-order valence-corrected chi connectivity index (χ3v) is 7.66. The van der Waals surface area contributed by atoms with Crippen LogP contribution in [0.5, 0.6) is 0 Å². The number of imidazole rings is 1. The van der Waals surface area contributed by atoms with E-state index in [1.807, 2.05) is 70.7 Å². The number of carbonyl (C=O) groups excluding carboxylic acids is 2. The fraction of sp³-hybridized carbons (Fsp3) is 0.343. The van der Waals surface area contributed by atoms with Crippen LogP contribution in [0.2, 0.25) is 0 Å². The zero-order chi connectivity index (χ0) is 34.4. The Labute approximate surface area is 279 Å². The Hall–Kier alpha value is -5.59. The molecule has 1 aromatic carbocycles. The Bertz CT molecular complexity index is 1930. The normalized spacial score (nSPS) is 12.0. The molecule has 0 saturated heterocycles. The maximum atomic E-state index is 13.8. The highest BCUT2D eigenvalue weighted by Crippen LogP contribution is 2.29. The van der Waals surface area contributed by atoms with Crippen LogP contribution in [0.3, 0.4) is 0 Å². The van der Waals surface area contributed by atoms with Crippen molar-refractivity contribution in [3.8, 4) is 5.69 Å². The van der Waals surface area contributed by atoms with E-state index in [-0.39, 0.29) is 18.0 Å². The van der Waals surface area contributed by atoms with Gasteiger partial charge in [0.2, 0.25) is 5.95 Å². The van der Waals surface area contributed by atoms with E-state index in [9.17, 15) is 14.4 Å². The number of nitrogens with one attached hydrogen (secondary N) is 2. The molecule has 5 rings (SSSR count). The van der Waals surface area contributed by atoms with E-state index in [0.29, 0.717) is 59.5 Å². The summed E-state index contributed by atoms with van der Waals surface area (Å²) < 4.78 is 7.36. The predicted octanol–water partition coefficient (Wildman–Crippen LogP) is 4.78. The summed E-state index contributed by atoms with van der Waals surface area (Å²) in [6.45, 7) is 13.0. The second kappa shape index (κ2) is 14.4. The van der Waals surface area contributed by atoms with E-state index in [4.69, 9.17) is 9.72 Å². The molecule has 0 spiro atoms. The SMILES string of the molecule is CCN(CC)c1ncc(N(CC)C(=O)c2ccncc2)c(N[C@@H](Cc2ccc(-n3c(=O)[nH]c4cccnc43)cc2)C(=O)OC(C)(C)C)n1. The topological polar surface area (TPSA) is 151 Å². The summed E-state index contributed by atoms with van der Waals surface area (Å²) in [6, 6.07) is 13.3. The number of hydrogen-bond acceptors (Lipinski definition) is 10. The van der Waals surface area contributed by atoms with Crippen molar-refractivity contribution >= 4 is 40.5 Å². The van der Waals surface area contributed by atoms with Crippen molar-refractivity contribution in [3.05, 3.63) is 94.9 Å². The van der Waals surface area contributed by atoms with Crippen LogP contribution < -0.4 is 20.8 Å². The number of H-pyrrole nitrogens is 1. The quantitative estimate of drug-likeness (QED) is 0.180. The van der Waals surface area contributed by atoms with Crippen molar-refractivity contribution in [3.63, 3.8) is 0 Å². The molecule has 1 atom stereocenters. The van der Waals surface area contributed by atoms with Gasteiger partial charge in [-0.3, -0.25) is 9.78 Å². The van der Waals surface area contributed by atoms with Crippen molar-refractivity contribution < 1.29 is 14.3 Å². The van der Waals surface area contributed by atoms with Gasteiger partial charge >= 0.3 is 11.7 Å². The monoisotopic (exact) mass is 651 g/mol. The molecule has 0 fully saturated rings. The molecule has 4 aromatic heterocycles. The van der Waals surface area contributed by atoms with Crippen LogP contribution in [0, 0.1) is 0 Å². The molecule has 0 radical (unpaired) electrons. The van der Waals surface area contributed by atoms with Gasteiger partial charge in [-0.25, -0.2) is 24.1 Å². The number of aromatic amines is 1.